The van der Waals surface area contributed by atoms with Gasteiger partial charge in [-0.25, -0.2) is 4.98 Å². The molecule has 4 rings (SSSR count). The van der Waals surface area contributed by atoms with Crippen molar-refractivity contribution in [2.24, 2.45) is 0 Å². The molecular weight excluding hydrogens is 374 g/mol. The number of halogens is 1. The monoisotopic (exact) mass is 382 g/mol. The first-order chi connectivity index (χ1) is 9.75. The summed E-state index contributed by atoms with van der Waals surface area (Å²) in [5, 5.41) is 4.79. The zero-order chi connectivity index (χ0) is 13.7. The average molecular weight is 382 g/mol. The van der Waals surface area contributed by atoms with Crippen LogP contribution in [0.25, 0.3) is 32.6 Å². The van der Waals surface area contributed by atoms with E-state index in [0.29, 0.717) is 0 Å². The van der Waals surface area contributed by atoms with E-state index in [1.165, 1.54) is 10.8 Å². The number of hydrogen-bond donors (Lipinski definition) is 0. The van der Waals surface area contributed by atoms with E-state index in [4.69, 9.17) is 9.97 Å². The van der Waals surface area contributed by atoms with Crippen molar-refractivity contribution in [3.63, 3.8) is 0 Å². The Hall–Kier alpha value is -1.22. The van der Waals surface area contributed by atoms with Crippen LogP contribution in [0, 0.1) is 3.70 Å². The van der Waals surface area contributed by atoms with Crippen molar-refractivity contribution in [1.82, 2.24) is 9.97 Å². The quantitative estimate of drug-likeness (QED) is 0.265. The molecule has 0 atom stereocenters. The maximum atomic E-state index is 4.76. The first-order valence-corrected chi connectivity index (χ1v) is 7.93. The van der Waals surface area contributed by atoms with Crippen LogP contribution in [0.4, 0.5) is 0 Å². The number of nitrogens with zero attached hydrogens (tertiary/aromatic N) is 2. The highest BCUT2D eigenvalue weighted by Crippen LogP contribution is 2.32. The largest absolute Gasteiger partial charge is 0.269 e. The highest BCUT2D eigenvalue weighted by molar-refractivity contribution is 14.1. The summed E-state index contributed by atoms with van der Waals surface area (Å²) >= 11 is 4.90. The normalized spacial score (nSPS) is 11.4. The smallest absolute Gasteiger partial charge is 0.214 e. The van der Waals surface area contributed by atoms with Crippen LogP contribution in [0.1, 0.15) is 0 Å². The van der Waals surface area contributed by atoms with Crippen molar-refractivity contribution in [3.8, 4) is 0 Å². The Morgan fingerprint density at radius 2 is 1.15 bits per heavy atom. The van der Waals surface area contributed by atoms with Gasteiger partial charge >= 0.3 is 0 Å². The maximum absolute atomic E-state index is 4.76. The Balaban J connectivity index is 2.42. The van der Waals surface area contributed by atoms with E-state index in [0.717, 1.165) is 30.1 Å². The van der Waals surface area contributed by atoms with Gasteiger partial charge in [0.05, 0.1) is 11.0 Å². The standard InChI is InChI=1S/C16H8IN2.Al/c17-14-9-18-15-12-7-3-1-5-10(12)11-6-2-4-8-13(11)16(15)19-14;/h1-8H;. The van der Waals surface area contributed by atoms with E-state index in [-0.39, 0.29) is 0 Å². The minimum absolute atomic E-state index is 0.901. The van der Waals surface area contributed by atoms with Gasteiger partial charge in [0.2, 0.25) is 16.3 Å². The molecule has 0 fully saturated rings. The van der Waals surface area contributed by atoms with Gasteiger partial charge in [0.1, 0.15) is 3.70 Å². The van der Waals surface area contributed by atoms with Crippen LogP contribution in [0.2, 0.25) is 0 Å². The second-order valence-corrected chi connectivity index (χ2v) is 6.26. The van der Waals surface area contributed by atoms with Crippen molar-refractivity contribution in [2.75, 3.05) is 0 Å². The summed E-state index contributed by atoms with van der Waals surface area (Å²) in [5.74, 6) is 0. The van der Waals surface area contributed by atoms with Crippen molar-refractivity contribution in [2.45, 2.75) is 0 Å². The number of fused-ring (bicyclic) bond motifs is 6. The molecule has 20 heavy (non-hydrogen) atoms. The SMILES string of the molecule is [Al][c]1nc2c3ccccc3c3ccccc3c2nc1I. The molecule has 3 aromatic carbocycles. The first-order valence-electron chi connectivity index (χ1n) is 6.28. The summed E-state index contributed by atoms with van der Waals surface area (Å²) in [5.41, 5.74) is 1.96. The van der Waals surface area contributed by atoms with Gasteiger partial charge < -0.3 is 0 Å². The minimum Gasteiger partial charge on any atom is -0.269 e. The van der Waals surface area contributed by atoms with E-state index in [2.05, 4.69) is 87.4 Å². The molecule has 92 valence electrons. The van der Waals surface area contributed by atoms with Gasteiger partial charge in [-0.1, -0.05) is 48.5 Å². The van der Waals surface area contributed by atoms with Crippen molar-refractivity contribution in [3.05, 3.63) is 52.2 Å². The average Bonchev–Trinajstić information content (AvgIpc) is 2.49. The van der Waals surface area contributed by atoms with E-state index >= 15 is 0 Å². The molecule has 2 radical (unpaired) electrons. The molecule has 0 spiro atoms. The topological polar surface area (TPSA) is 25.8 Å². The Bertz CT molecular complexity index is 902. The summed E-state index contributed by atoms with van der Waals surface area (Å²) in [7, 11) is 0. The van der Waals surface area contributed by atoms with Gasteiger partial charge in [-0.3, -0.25) is 4.98 Å². The van der Waals surface area contributed by atoms with Crippen LogP contribution in [-0.2, 0) is 0 Å². The van der Waals surface area contributed by atoms with E-state index in [1.54, 1.807) is 0 Å². The van der Waals surface area contributed by atoms with Crippen LogP contribution < -0.4 is 4.56 Å². The molecule has 4 aromatic rings. The molecule has 0 amide bonds. The maximum Gasteiger partial charge on any atom is 0.214 e. The molecule has 0 aliphatic rings. The molecule has 1 heterocycles. The zero-order valence-electron chi connectivity index (χ0n) is 10.5. The third-order valence-corrected chi connectivity index (χ3v) is 5.32. The lowest BCUT2D eigenvalue weighted by Gasteiger charge is -2.10. The first kappa shape index (κ1) is 12.5. The molecule has 0 aliphatic carbocycles. The fourth-order valence-electron chi connectivity index (χ4n) is 2.65. The highest BCUT2D eigenvalue weighted by atomic mass is 127. The molecule has 0 aliphatic heterocycles. The number of hydrogen-bond acceptors (Lipinski definition) is 2. The third kappa shape index (κ3) is 1.76. The van der Waals surface area contributed by atoms with Crippen molar-refractivity contribution < 1.29 is 0 Å². The third-order valence-electron chi connectivity index (χ3n) is 3.53. The summed E-state index contributed by atoms with van der Waals surface area (Å²) in [6.45, 7) is 0. The molecule has 4 heteroatoms. The summed E-state index contributed by atoms with van der Waals surface area (Å²) < 4.78 is 1.83. The second-order valence-electron chi connectivity index (χ2n) is 4.69. The number of rotatable bonds is 0. The van der Waals surface area contributed by atoms with Crippen LogP contribution in [-0.4, -0.2) is 26.3 Å². The van der Waals surface area contributed by atoms with Gasteiger partial charge in [-0.2, -0.15) is 0 Å². The minimum atomic E-state index is 0.901. The zero-order valence-corrected chi connectivity index (χ0v) is 13.8. The molecule has 1 aromatic heterocycles. The lowest BCUT2D eigenvalue weighted by atomic mass is 10.00. The fraction of sp³-hybridized carbons (Fsp3) is 0. The van der Waals surface area contributed by atoms with Crippen LogP contribution in [0.15, 0.2) is 48.5 Å². The predicted octanol–water partition coefficient (Wildman–Crippen LogP) is 3.33. The molecule has 0 N–H and O–H groups in total. The number of aromatic nitrogens is 2. The molecule has 0 saturated carbocycles. The van der Waals surface area contributed by atoms with Crippen LogP contribution in [0.3, 0.4) is 0 Å². The lowest BCUT2D eigenvalue weighted by molar-refractivity contribution is 1.31. The molecule has 2 nitrogen and oxygen atoms in total. The van der Waals surface area contributed by atoms with E-state index < -0.39 is 0 Å². The Morgan fingerprint density at radius 3 is 1.70 bits per heavy atom. The molecule has 0 bridgehead atoms. The molecule has 0 unspecified atom stereocenters. The Labute approximate surface area is 137 Å². The lowest BCUT2D eigenvalue weighted by Crippen LogP contribution is -2.15. The van der Waals surface area contributed by atoms with Crippen LogP contribution >= 0.6 is 22.6 Å². The Kier molecular flexibility index (Phi) is 2.92. The van der Waals surface area contributed by atoms with Gasteiger partial charge in [-0.15, -0.1) is 0 Å². The van der Waals surface area contributed by atoms with Crippen molar-refractivity contribution >= 4 is 76.0 Å². The van der Waals surface area contributed by atoms with E-state index in [1.807, 2.05) is 0 Å². The molecular formula is C16H8AlIN2. The summed E-state index contributed by atoms with van der Waals surface area (Å²) in [4.78, 5) is 9.50. The second kappa shape index (κ2) is 4.66. The fourth-order valence-corrected chi connectivity index (χ4v) is 3.21. The summed E-state index contributed by atoms with van der Waals surface area (Å²) in [6.07, 6.45) is 0. The highest BCUT2D eigenvalue weighted by Gasteiger charge is 2.11. The van der Waals surface area contributed by atoms with E-state index in [9.17, 15) is 0 Å². The Morgan fingerprint density at radius 1 is 0.700 bits per heavy atom. The van der Waals surface area contributed by atoms with Gasteiger partial charge in [0.15, 0.2) is 0 Å². The van der Waals surface area contributed by atoms with Gasteiger partial charge in [0, 0.05) is 10.8 Å². The van der Waals surface area contributed by atoms with Crippen molar-refractivity contribution in [1.29, 1.82) is 0 Å². The predicted molar refractivity (Wildman–Crippen MR) is 92.7 cm³/mol. The van der Waals surface area contributed by atoms with Gasteiger partial charge in [0.25, 0.3) is 0 Å². The molecule has 0 saturated heterocycles. The number of benzene rings is 3. The van der Waals surface area contributed by atoms with Crippen LogP contribution in [0.5, 0.6) is 0 Å². The van der Waals surface area contributed by atoms with Gasteiger partial charge in [-0.05, 0) is 37.9 Å². The summed E-state index contributed by atoms with van der Waals surface area (Å²) in [6, 6.07) is 16.8.